The molecule has 1 aromatic carbocycles. The molecule has 1 aromatic heterocycles. The number of carbonyl (C=O) groups is 1. The van der Waals surface area contributed by atoms with Crippen molar-refractivity contribution in [2.45, 2.75) is 57.0 Å². The molecule has 1 spiro atoms. The topological polar surface area (TPSA) is 76.6 Å². The fraction of sp³-hybridized carbons (Fsp3) is 0.522. The van der Waals surface area contributed by atoms with E-state index < -0.39 is 5.41 Å². The van der Waals surface area contributed by atoms with E-state index in [-0.39, 0.29) is 12.0 Å². The van der Waals surface area contributed by atoms with Gasteiger partial charge in [-0.25, -0.2) is 9.97 Å². The minimum Gasteiger partial charge on any atom is -0.493 e. The fourth-order valence-electron chi connectivity index (χ4n) is 5.09. The highest BCUT2D eigenvalue weighted by Gasteiger charge is 2.49. The van der Waals surface area contributed by atoms with Crippen molar-refractivity contribution in [2.75, 3.05) is 30.4 Å². The molecule has 158 valence electrons. The maximum absolute atomic E-state index is 13.1. The molecule has 7 nitrogen and oxygen atoms in total. The Morgan fingerprint density at radius 1 is 1.17 bits per heavy atom. The van der Waals surface area contributed by atoms with Crippen LogP contribution in [0, 0.1) is 6.92 Å². The van der Waals surface area contributed by atoms with E-state index in [4.69, 9.17) is 9.47 Å². The summed E-state index contributed by atoms with van der Waals surface area (Å²) in [5, 5.41) is 3.12. The fourth-order valence-corrected chi connectivity index (χ4v) is 5.09. The van der Waals surface area contributed by atoms with Gasteiger partial charge in [-0.15, -0.1) is 0 Å². The first-order chi connectivity index (χ1) is 14.6. The second-order valence-electron chi connectivity index (χ2n) is 8.56. The highest BCUT2D eigenvalue weighted by Crippen LogP contribution is 2.49. The second kappa shape index (κ2) is 7.45. The summed E-state index contributed by atoms with van der Waals surface area (Å²) < 4.78 is 11.9. The third kappa shape index (κ3) is 3.16. The number of carbonyl (C=O) groups excluding carboxylic acids is 1. The van der Waals surface area contributed by atoms with Crippen LogP contribution in [0.15, 0.2) is 24.4 Å². The van der Waals surface area contributed by atoms with Crippen LogP contribution in [0.3, 0.4) is 0 Å². The van der Waals surface area contributed by atoms with Crippen molar-refractivity contribution in [2.24, 2.45) is 0 Å². The number of hydrogen-bond donors (Lipinski definition) is 1. The number of rotatable bonds is 4. The molecule has 2 aromatic rings. The van der Waals surface area contributed by atoms with Crippen molar-refractivity contribution in [3.8, 4) is 11.5 Å². The zero-order valence-electron chi connectivity index (χ0n) is 17.6. The van der Waals surface area contributed by atoms with Crippen molar-refractivity contribution in [3.05, 3.63) is 35.8 Å². The van der Waals surface area contributed by atoms with Gasteiger partial charge in [0.15, 0.2) is 11.5 Å². The van der Waals surface area contributed by atoms with Crippen molar-refractivity contribution in [1.82, 2.24) is 9.97 Å². The largest absolute Gasteiger partial charge is 0.493 e. The van der Waals surface area contributed by atoms with Crippen LogP contribution >= 0.6 is 0 Å². The molecule has 1 saturated carbocycles. The van der Waals surface area contributed by atoms with Gasteiger partial charge in [0.05, 0.1) is 18.6 Å². The van der Waals surface area contributed by atoms with Crippen LogP contribution in [-0.2, 0) is 10.2 Å². The summed E-state index contributed by atoms with van der Waals surface area (Å²) in [6.07, 6.45) is 8.07. The summed E-state index contributed by atoms with van der Waals surface area (Å²) in [6, 6.07) is 5.91. The number of piperidine rings is 1. The van der Waals surface area contributed by atoms with E-state index in [1.807, 2.05) is 25.1 Å². The van der Waals surface area contributed by atoms with Crippen LogP contribution in [-0.4, -0.2) is 42.2 Å². The van der Waals surface area contributed by atoms with Gasteiger partial charge in [0.25, 0.3) is 0 Å². The molecule has 2 fully saturated rings. The molecule has 1 N–H and O–H groups in total. The standard InChI is InChI=1S/C23H28N4O3/c1-15-24-10-7-21(25-15)27-11-8-23(9-12-27)17-13-19(29-2)20(14-18(17)26-22(23)28)30-16-5-3-4-6-16/h7,10,13-14,16H,3-6,8-9,11-12H2,1-2H3,(H,26,28). The molecule has 0 radical (unpaired) electrons. The molecule has 1 saturated heterocycles. The lowest BCUT2D eigenvalue weighted by molar-refractivity contribution is -0.121. The molecule has 7 heteroatoms. The molecular weight excluding hydrogens is 380 g/mol. The van der Waals surface area contributed by atoms with Gasteiger partial charge in [-0.3, -0.25) is 4.79 Å². The number of benzene rings is 1. The molecule has 2 aliphatic heterocycles. The first-order valence-electron chi connectivity index (χ1n) is 10.8. The van der Waals surface area contributed by atoms with Gasteiger partial charge in [-0.1, -0.05) is 0 Å². The number of aryl methyl sites for hydroxylation is 1. The van der Waals surface area contributed by atoms with Crippen LogP contribution in [0.1, 0.15) is 49.9 Å². The highest BCUT2D eigenvalue weighted by molar-refractivity contribution is 6.07. The molecule has 30 heavy (non-hydrogen) atoms. The van der Waals surface area contributed by atoms with Crippen LogP contribution < -0.4 is 19.7 Å². The van der Waals surface area contributed by atoms with Gasteiger partial charge in [0.1, 0.15) is 11.6 Å². The van der Waals surface area contributed by atoms with Crippen molar-refractivity contribution in [3.63, 3.8) is 0 Å². The summed E-state index contributed by atoms with van der Waals surface area (Å²) in [4.78, 5) is 24.1. The average molecular weight is 409 g/mol. The number of fused-ring (bicyclic) bond motifs is 2. The Kier molecular flexibility index (Phi) is 4.76. The third-order valence-corrected chi connectivity index (χ3v) is 6.80. The van der Waals surface area contributed by atoms with Gasteiger partial charge in [-0.2, -0.15) is 0 Å². The Balaban J connectivity index is 1.41. The van der Waals surface area contributed by atoms with Crippen molar-refractivity contribution >= 4 is 17.4 Å². The number of nitrogens with one attached hydrogen (secondary N) is 1. The smallest absolute Gasteiger partial charge is 0.235 e. The van der Waals surface area contributed by atoms with E-state index in [2.05, 4.69) is 20.2 Å². The average Bonchev–Trinajstić information content (AvgIpc) is 3.35. The van der Waals surface area contributed by atoms with Crippen LogP contribution in [0.2, 0.25) is 0 Å². The zero-order chi connectivity index (χ0) is 20.7. The van der Waals surface area contributed by atoms with Crippen LogP contribution in [0.5, 0.6) is 11.5 Å². The van der Waals surface area contributed by atoms with Crippen molar-refractivity contribution in [1.29, 1.82) is 0 Å². The first-order valence-corrected chi connectivity index (χ1v) is 10.8. The predicted octanol–water partition coefficient (Wildman–Crippen LogP) is 3.61. The van der Waals surface area contributed by atoms with Gasteiger partial charge in [0.2, 0.25) is 5.91 Å². The van der Waals surface area contributed by atoms with E-state index in [0.29, 0.717) is 5.75 Å². The SMILES string of the molecule is COc1cc2c(cc1OC1CCCC1)NC(=O)C21CCN(c2ccnc(C)n2)CC1. The maximum atomic E-state index is 13.1. The lowest BCUT2D eigenvalue weighted by atomic mass is 9.73. The van der Waals surface area contributed by atoms with E-state index in [1.54, 1.807) is 13.3 Å². The molecule has 0 bridgehead atoms. The minimum absolute atomic E-state index is 0.0797. The summed E-state index contributed by atoms with van der Waals surface area (Å²) >= 11 is 0. The predicted molar refractivity (Wildman–Crippen MR) is 114 cm³/mol. The van der Waals surface area contributed by atoms with Gasteiger partial charge < -0.3 is 19.7 Å². The highest BCUT2D eigenvalue weighted by atomic mass is 16.5. The lowest BCUT2D eigenvalue weighted by Crippen LogP contribution is -2.46. The molecule has 1 aliphatic carbocycles. The molecule has 0 unspecified atom stereocenters. The summed E-state index contributed by atoms with van der Waals surface area (Å²) in [5.41, 5.74) is 1.37. The Labute approximate surface area is 176 Å². The summed E-state index contributed by atoms with van der Waals surface area (Å²) in [7, 11) is 1.67. The number of amides is 1. The van der Waals surface area contributed by atoms with Gasteiger partial charge in [-0.05, 0) is 63.1 Å². The second-order valence-corrected chi connectivity index (χ2v) is 8.56. The molecule has 3 heterocycles. The number of ether oxygens (including phenoxy) is 2. The number of hydrogen-bond acceptors (Lipinski definition) is 6. The molecule has 5 rings (SSSR count). The minimum atomic E-state index is -0.521. The molecule has 1 amide bonds. The van der Waals surface area contributed by atoms with E-state index in [9.17, 15) is 4.79 Å². The molecule has 0 atom stereocenters. The first kappa shape index (κ1) is 19.2. The molecule has 3 aliphatic rings. The van der Waals surface area contributed by atoms with Crippen LogP contribution in [0.25, 0.3) is 0 Å². The number of anilines is 2. The van der Waals surface area contributed by atoms with E-state index in [1.165, 1.54) is 12.8 Å². The third-order valence-electron chi connectivity index (χ3n) is 6.80. The summed E-state index contributed by atoms with van der Waals surface area (Å²) in [6.45, 7) is 3.44. The number of methoxy groups -OCH3 is 1. The Morgan fingerprint density at radius 3 is 2.63 bits per heavy atom. The van der Waals surface area contributed by atoms with Crippen molar-refractivity contribution < 1.29 is 14.3 Å². The van der Waals surface area contributed by atoms with E-state index in [0.717, 1.165) is 67.4 Å². The quantitative estimate of drug-likeness (QED) is 0.833. The van der Waals surface area contributed by atoms with E-state index >= 15 is 0 Å². The maximum Gasteiger partial charge on any atom is 0.235 e. The van der Waals surface area contributed by atoms with Gasteiger partial charge >= 0.3 is 0 Å². The Bertz CT molecular complexity index is 963. The summed E-state index contributed by atoms with van der Waals surface area (Å²) in [5.74, 6) is 3.21. The Hall–Kier alpha value is -2.83. The van der Waals surface area contributed by atoms with Gasteiger partial charge in [0, 0.05) is 31.0 Å². The Morgan fingerprint density at radius 2 is 1.93 bits per heavy atom. The normalized spacial score (nSPS) is 20.3. The zero-order valence-corrected chi connectivity index (χ0v) is 17.6. The number of aromatic nitrogens is 2. The van der Waals surface area contributed by atoms with Crippen LogP contribution in [0.4, 0.5) is 11.5 Å². The number of nitrogens with zero attached hydrogens (tertiary/aromatic N) is 3. The lowest BCUT2D eigenvalue weighted by Gasteiger charge is -2.38. The molecular formula is C23H28N4O3. The monoisotopic (exact) mass is 408 g/mol.